The van der Waals surface area contributed by atoms with E-state index in [9.17, 15) is 26.4 Å². The van der Waals surface area contributed by atoms with Crippen LogP contribution in [0.1, 0.15) is 23.1 Å². The van der Waals surface area contributed by atoms with Crippen LogP contribution in [0.2, 0.25) is 0 Å². The highest BCUT2D eigenvalue weighted by Crippen LogP contribution is 2.26. The van der Waals surface area contributed by atoms with Crippen molar-refractivity contribution < 1.29 is 26.4 Å². The highest BCUT2D eigenvalue weighted by atomic mass is 32.2. The van der Waals surface area contributed by atoms with Crippen LogP contribution in [0.25, 0.3) is 0 Å². The first kappa shape index (κ1) is 21.3. The standard InChI is InChI=1S/C20H21F3N2O3S/c21-20(22,23)19(26)25-12-10-16-8-9-18(13-17(16)14-25)29(27,28)24-11-4-7-15-5-2-1-3-6-15/h1-3,5-6,8-9,13,24H,4,7,10-12,14H2. The van der Waals surface area contributed by atoms with E-state index in [1.54, 1.807) is 6.07 Å². The fraction of sp³-hybridized carbons (Fsp3) is 0.350. The van der Waals surface area contributed by atoms with Crippen molar-refractivity contribution in [3.63, 3.8) is 0 Å². The molecule has 0 atom stereocenters. The van der Waals surface area contributed by atoms with Crippen LogP contribution in [0.15, 0.2) is 53.4 Å². The van der Waals surface area contributed by atoms with Crippen LogP contribution in [0.3, 0.4) is 0 Å². The molecular formula is C20H21F3N2O3S. The first-order valence-electron chi connectivity index (χ1n) is 9.18. The first-order valence-corrected chi connectivity index (χ1v) is 10.7. The smallest absolute Gasteiger partial charge is 0.330 e. The van der Waals surface area contributed by atoms with Crippen molar-refractivity contribution in [2.45, 2.75) is 36.9 Å². The van der Waals surface area contributed by atoms with E-state index >= 15 is 0 Å². The molecule has 1 heterocycles. The van der Waals surface area contributed by atoms with Gasteiger partial charge in [-0.05, 0) is 48.1 Å². The number of aryl methyl sites for hydroxylation is 1. The average molecular weight is 426 g/mol. The van der Waals surface area contributed by atoms with Crippen LogP contribution in [0.5, 0.6) is 0 Å². The minimum atomic E-state index is -4.94. The average Bonchev–Trinajstić information content (AvgIpc) is 2.70. The number of nitrogens with zero attached hydrogens (tertiary/aromatic N) is 1. The summed E-state index contributed by atoms with van der Waals surface area (Å²) in [5, 5.41) is 0. The van der Waals surface area contributed by atoms with Crippen LogP contribution in [-0.2, 0) is 34.2 Å². The van der Waals surface area contributed by atoms with Crippen molar-refractivity contribution >= 4 is 15.9 Å². The van der Waals surface area contributed by atoms with E-state index in [1.165, 1.54) is 12.1 Å². The number of hydrogen-bond donors (Lipinski definition) is 1. The largest absolute Gasteiger partial charge is 0.471 e. The Morgan fingerprint density at radius 1 is 1.07 bits per heavy atom. The van der Waals surface area contributed by atoms with Crippen molar-refractivity contribution in [1.29, 1.82) is 0 Å². The van der Waals surface area contributed by atoms with Gasteiger partial charge in [0.15, 0.2) is 0 Å². The molecule has 0 aliphatic carbocycles. The number of sulfonamides is 1. The number of rotatable bonds is 6. The van der Waals surface area contributed by atoms with Crippen LogP contribution in [0.4, 0.5) is 13.2 Å². The molecule has 0 fully saturated rings. The number of fused-ring (bicyclic) bond motifs is 1. The van der Waals surface area contributed by atoms with E-state index in [0.29, 0.717) is 16.9 Å². The van der Waals surface area contributed by atoms with Gasteiger partial charge in [0.1, 0.15) is 0 Å². The Balaban J connectivity index is 1.64. The first-order chi connectivity index (χ1) is 13.7. The molecule has 3 rings (SSSR count). The van der Waals surface area contributed by atoms with Gasteiger partial charge in [0.2, 0.25) is 10.0 Å². The zero-order valence-corrected chi connectivity index (χ0v) is 16.4. The molecule has 0 spiro atoms. The minimum absolute atomic E-state index is 0.0164. The van der Waals surface area contributed by atoms with Crippen molar-refractivity contribution in [1.82, 2.24) is 9.62 Å². The Kier molecular flexibility index (Phi) is 6.28. The second-order valence-electron chi connectivity index (χ2n) is 6.89. The summed E-state index contributed by atoms with van der Waals surface area (Å²) >= 11 is 0. The predicted molar refractivity (Wildman–Crippen MR) is 102 cm³/mol. The summed E-state index contributed by atoms with van der Waals surface area (Å²) in [6.07, 6.45) is -3.35. The number of alkyl halides is 3. The quantitative estimate of drug-likeness (QED) is 0.722. The van der Waals surface area contributed by atoms with E-state index < -0.39 is 22.1 Å². The van der Waals surface area contributed by atoms with Crippen molar-refractivity contribution in [3.8, 4) is 0 Å². The number of carbonyl (C=O) groups excluding carboxylic acids is 1. The third kappa shape index (κ3) is 5.36. The van der Waals surface area contributed by atoms with E-state index in [0.717, 1.165) is 17.5 Å². The minimum Gasteiger partial charge on any atom is -0.330 e. The fourth-order valence-electron chi connectivity index (χ4n) is 3.28. The second kappa shape index (κ2) is 8.54. The molecule has 29 heavy (non-hydrogen) atoms. The number of halogens is 3. The summed E-state index contributed by atoms with van der Waals surface area (Å²) in [4.78, 5) is 12.2. The molecule has 2 aromatic rings. The zero-order valence-electron chi connectivity index (χ0n) is 15.6. The van der Waals surface area contributed by atoms with Crippen molar-refractivity contribution in [2.75, 3.05) is 13.1 Å². The summed E-state index contributed by atoms with van der Waals surface area (Å²) in [6, 6.07) is 14.1. The Labute approximate surface area is 167 Å². The molecule has 0 aromatic heterocycles. The maximum atomic E-state index is 12.7. The number of hydrogen-bond acceptors (Lipinski definition) is 3. The molecule has 156 valence electrons. The molecule has 9 heteroatoms. The highest BCUT2D eigenvalue weighted by Gasteiger charge is 2.43. The number of amides is 1. The molecule has 1 amide bonds. The van der Waals surface area contributed by atoms with E-state index in [2.05, 4.69) is 4.72 Å². The molecule has 0 unspecified atom stereocenters. The van der Waals surface area contributed by atoms with Crippen molar-refractivity contribution in [3.05, 3.63) is 65.2 Å². The number of carbonyl (C=O) groups is 1. The van der Waals surface area contributed by atoms with Gasteiger partial charge in [0, 0.05) is 19.6 Å². The van der Waals surface area contributed by atoms with Gasteiger partial charge in [0.25, 0.3) is 0 Å². The molecule has 0 saturated heterocycles. The maximum Gasteiger partial charge on any atom is 0.471 e. The molecule has 0 radical (unpaired) electrons. The molecule has 1 aliphatic rings. The topological polar surface area (TPSA) is 66.5 Å². The monoisotopic (exact) mass is 426 g/mol. The van der Waals surface area contributed by atoms with Gasteiger partial charge in [-0.1, -0.05) is 36.4 Å². The van der Waals surface area contributed by atoms with Gasteiger partial charge in [-0.15, -0.1) is 0 Å². The van der Waals surface area contributed by atoms with Gasteiger partial charge < -0.3 is 4.90 Å². The molecule has 1 aliphatic heterocycles. The van der Waals surface area contributed by atoms with Crippen LogP contribution < -0.4 is 4.72 Å². The third-order valence-electron chi connectivity index (χ3n) is 4.81. The Bertz CT molecular complexity index is 976. The maximum absolute atomic E-state index is 12.7. The lowest BCUT2D eigenvalue weighted by atomic mass is 10.00. The Morgan fingerprint density at radius 2 is 1.79 bits per heavy atom. The molecule has 0 saturated carbocycles. The van der Waals surface area contributed by atoms with Crippen LogP contribution >= 0.6 is 0 Å². The lowest BCUT2D eigenvalue weighted by Gasteiger charge is -2.29. The van der Waals surface area contributed by atoms with Gasteiger partial charge >= 0.3 is 12.1 Å². The third-order valence-corrected chi connectivity index (χ3v) is 6.27. The summed E-state index contributed by atoms with van der Waals surface area (Å²) < 4.78 is 65.6. The van der Waals surface area contributed by atoms with Crippen molar-refractivity contribution in [2.24, 2.45) is 0 Å². The van der Waals surface area contributed by atoms with Crippen LogP contribution in [0, 0.1) is 0 Å². The molecule has 1 N–H and O–H groups in total. The molecular weight excluding hydrogens is 405 g/mol. The zero-order chi connectivity index (χ0) is 21.1. The van der Waals surface area contributed by atoms with Crippen LogP contribution in [-0.4, -0.2) is 38.5 Å². The lowest BCUT2D eigenvalue weighted by Crippen LogP contribution is -2.43. The normalized spacial score (nSPS) is 14.5. The predicted octanol–water partition coefficient (Wildman–Crippen LogP) is 3.04. The molecule has 0 bridgehead atoms. The summed E-state index contributed by atoms with van der Waals surface area (Å²) in [7, 11) is -3.79. The summed E-state index contributed by atoms with van der Waals surface area (Å²) in [6.45, 7) is -0.0623. The number of benzene rings is 2. The fourth-order valence-corrected chi connectivity index (χ4v) is 4.40. The number of nitrogens with one attached hydrogen (secondary N) is 1. The van der Waals surface area contributed by atoms with Gasteiger partial charge in [-0.2, -0.15) is 13.2 Å². The Hall–Kier alpha value is -2.39. The van der Waals surface area contributed by atoms with Gasteiger partial charge in [-0.25, -0.2) is 13.1 Å². The Morgan fingerprint density at radius 3 is 2.48 bits per heavy atom. The lowest BCUT2D eigenvalue weighted by molar-refractivity contribution is -0.186. The van der Waals surface area contributed by atoms with E-state index in [-0.39, 0.29) is 31.0 Å². The van der Waals surface area contributed by atoms with E-state index in [4.69, 9.17) is 0 Å². The highest BCUT2D eigenvalue weighted by molar-refractivity contribution is 7.89. The molecule has 5 nitrogen and oxygen atoms in total. The van der Waals surface area contributed by atoms with Gasteiger partial charge in [-0.3, -0.25) is 4.79 Å². The van der Waals surface area contributed by atoms with E-state index in [1.807, 2.05) is 30.3 Å². The summed E-state index contributed by atoms with van der Waals surface area (Å²) in [5.41, 5.74) is 2.27. The second-order valence-corrected chi connectivity index (χ2v) is 8.66. The summed E-state index contributed by atoms with van der Waals surface area (Å²) in [5.74, 6) is -1.91. The molecule has 2 aromatic carbocycles. The van der Waals surface area contributed by atoms with Gasteiger partial charge in [0.05, 0.1) is 4.90 Å². The SMILES string of the molecule is O=C(N1CCc2ccc(S(=O)(=O)NCCCc3ccccc3)cc2C1)C(F)(F)F.